The van der Waals surface area contributed by atoms with Crippen molar-refractivity contribution in [3.8, 4) is 5.75 Å². The van der Waals surface area contributed by atoms with Crippen LogP contribution in [0.3, 0.4) is 0 Å². The van der Waals surface area contributed by atoms with Crippen molar-refractivity contribution >= 4 is 5.88 Å². The van der Waals surface area contributed by atoms with E-state index in [1.807, 2.05) is 6.07 Å². The maximum absolute atomic E-state index is 5.82. The maximum atomic E-state index is 5.82. The average Bonchev–Trinajstić information content (AvgIpc) is 2.69. The van der Waals surface area contributed by atoms with E-state index < -0.39 is 0 Å². The fourth-order valence-corrected chi connectivity index (χ4v) is 3.65. The fourth-order valence-electron chi connectivity index (χ4n) is 3.65. The molecule has 1 fully saturated rings. The van der Waals surface area contributed by atoms with Crippen LogP contribution in [0, 0.1) is 11.8 Å². The molecule has 2 aliphatic heterocycles. The minimum atomic E-state index is 0.599. The summed E-state index contributed by atoms with van der Waals surface area (Å²) in [6.07, 6.45) is 9.58. The van der Waals surface area contributed by atoms with Crippen molar-refractivity contribution in [1.82, 2.24) is 0 Å². The molecule has 20 heavy (non-hydrogen) atoms. The van der Waals surface area contributed by atoms with Crippen molar-refractivity contribution in [2.75, 3.05) is 18.1 Å². The molecule has 1 unspecified atom stereocenters. The van der Waals surface area contributed by atoms with E-state index in [1.165, 1.54) is 32.1 Å². The number of fused-ring (bicyclic) bond motifs is 3. The number of rotatable bonds is 3. The molecule has 3 heterocycles. The molecule has 0 N–H and O–H groups in total. The van der Waals surface area contributed by atoms with Gasteiger partial charge in [-0.2, -0.15) is 0 Å². The first kappa shape index (κ1) is 13.8. The molecule has 0 spiro atoms. The Morgan fingerprint density at radius 2 is 2.25 bits per heavy atom. The molecule has 2 aliphatic rings. The fraction of sp³-hybridized carbons (Fsp3) is 0.765. The van der Waals surface area contributed by atoms with Crippen LogP contribution in [0.2, 0.25) is 0 Å². The van der Waals surface area contributed by atoms with E-state index in [0.717, 1.165) is 43.0 Å². The van der Waals surface area contributed by atoms with Gasteiger partial charge in [0.25, 0.3) is 0 Å². The van der Waals surface area contributed by atoms with Crippen molar-refractivity contribution in [1.29, 1.82) is 0 Å². The SMILES string of the molecule is CC(C)CCC1CCCN2c3occc3OCC[C@H]2C1. The van der Waals surface area contributed by atoms with Crippen LogP contribution in [0.4, 0.5) is 5.88 Å². The lowest BCUT2D eigenvalue weighted by atomic mass is 9.89. The van der Waals surface area contributed by atoms with E-state index in [2.05, 4.69) is 18.7 Å². The highest BCUT2D eigenvalue weighted by molar-refractivity contribution is 5.51. The number of ether oxygens (including phenoxy) is 1. The van der Waals surface area contributed by atoms with Crippen LogP contribution < -0.4 is 9.64 Å². The second kappa shape index (κ2) is 6.11. The van der Waals surface area contributed by atoms with Gasteiger partial charge in [0.2, 0.25) is 5.88 Å². The smallest absolute Gasteiger partial charge is 0.238 e. The van der Waals surface area contributed by atoms with Gasteiger partial charge in [0, 0.05) is 25.1 Å². The Hall–Kier alpha value is -1.12. The highest BCUT2D eigenvalue weighted by atomic mass is 16.5. The van der Waals surface area contributed by atoms with Gasteiger partial charge in [0.1, 0.15) is 0 Å². The van der Waals surface area contributed by atoms with Gasteiger partial charge in [0.15, 0.2) is 5.75 Å². The lowest BCUT2D eigenvalue weighted by Gasteiger charge is -2.28. The van der Waals surface area contributed by atoms with E-state index in [1.54, 1.807) is 6.26 Å². The summed E-state index contributed by atoms with van der Waals surface area (Å²) in [5, 5.41) is 0. The first-order chi connectivity index (χ1) is 9.74. The van der Waals surface area contributed by atoms with Gasteiger partial charge >= 0.3 is 0 Å². The summed E-state index contributed by atoms with van der Waals surface area (Å²) >= 11 is 0. The summed E-state index contributed by atoms with van der Waals surface area (Å²) in [4.78, 5) is 2.47. The van der Waals surface area contributed by atoms with Crippen molar-refractivity contribution in [2.45, 2.75) is 58.4 Å². The van der Waals surface area contributed by atoms with Crippen LogP contribution in [0.25, 0.3) is 0 Å². The Labute approximate surface area is 122 Å². The number of hydrogen-bond donors (Lipinski definition) is 0. The van der Waals surface area contributed by atoms with Crippen molar-refractivity contribution < 1.29 is 9.15 Å². The molecular weight excluding hydrogens is 250 g/mol. The Morgan fingerprint density at radius 1 is 1.35 bits per heavy atom. The number of anilines is 1. The molecule has 1 aromatic rings. The van der Waals surface area contributed by atoms with E-state index in [9.17, 15) is 0 Å². The zero-order valence-corrected chi connectivity index (χ0v) is 12.8. The van der Waals surface area contributed by atoms with Gasteiger partial charge in [-0.05, 0) is 31.1 Å². The lowest BCUT2D eigenvalue weighted by molar-refractivity contribution is 0.293. The van der Waals surface area contributed by atoms with Gasteiger partial charge in [-0.25, -0.2) is 0 Å². The minimum absolute atomic E-state index is 0.599. The Balaban J connectivity index is 1.70. The van der Waals surface area contributed by atoms with Gasteiger partial charge in [-0.1, -0.05) is 26.7 Å². The molecule has 3 rings (SSSR count). The highest BCUT2D eigenvalue weighted by Gasteiger charge is 2.31. The standard InChI is InChI=1S/C17H27NO2/c1-13(2)5-6-14-4-3-9-18-15(12-14)7-10-19-16-8-11-20-17(16)18/h8,11,13-15H,3-7,9-10,12H2,1-2H3/t14?,15-/m0/s1. The molecule has 0 amide bonds. The van der Waals surface area contributed by atoms with Crippen LogP contribution in [0.1, 0.15) is 52.4 Å². The highest BCUT2D eigenvalue weighted by Crippen LogP contribution is 2.39. The predicted octanol–water partition coefficient (Wildman–Crippen LogP) is 4.47. The van der Waals surface area contributed by atoms with Gasteiger partial charge in [0.05, 0.1) is 12.9 Å². The van der Waals surface area contributed by atoms with E-state index in [-0.39, 0.29) is 0 Å². The van der Waals surface area contributed by atoms with Crippen LogP contribution in [0.5, 0.6) is 5.75 Å². The second-order valence-electron chi connectivity index (χ2n) is 6.79. The third kappa shape index (κ3) is 2.97. The molecule has 112 valence electrons. The molecule has 1 saturated heterocycles. The third-order valence-corrected chi connectivity index (χ3v) is 4.79. The van der Waals surface area contributed by atoms with Crippen molar-refractivity contribution in [2.24, 2.45) is 11.8 Å². The second-order valence-corrected chi connectivity index (χ2v) is 6.79. The summed E-state index contributed by atoms with van der Waals surface area (Å²) in [5.41, 5.74) is 0. The average molecular weight is 277 g/mol. The zero-order chi connectivity index (χ0) is 13.9. The molecule has 3 heteroatoms. The zero-order valence-electron chi connectivity index (χ0n) is 12.8. The largest absolute Gasteiger partial charge is 0.488 e. The topological polar surface area (TPSA) is 25.6 Å². The summed E-state index contributed by atoms with van der Waals surface area (Å²) in [7, 11) is 0. The molecule has 1 aromatic heterocycles. The Kier molecular flexibility index (Phi) is 4.23. The molecule has 2 atom stereocenters. The number of nitrogens with zero attached hydrogens (tertiary/aromatic N) is 1. The maximum Gasteiger partial charge on any atom is 0.238 e. The molecule has 3 nitrogen and oxygen atoms in total. The van der Waals surface area contributed by atoms with Crippen molar-refractivity contribution in [3.63, 3.8) is 0 Å². The molecule has 0 aromatic carbocycles. The minimum Gasteiger partial charge on any atom is -0.488 e. The molecule has 0 bridgehead atoms. The van der Waals surface area contributed by atoms with Crippen LogP contribution >= 0.6 is 0 Å². The van der Waals surface area contributed by atoms with Gasteiger partial charge in [-0.15, -0.1) is 0 Å². The number of furan rings is 1. The first-order valence-electron chi connectivity index (χ1n) is 8.21. The van der Waals surface area contributed by atoms with E-state index in [4.69, 9.17) is 9.15 Å². The summed E-state index contributed by atoms with van der Waals surface area (Å²) in [5.74, 6) is 3.61. The summed E-state index contributed by atoms with van der Waals surface area (Å²) in [6, 6.07) is 2.56. The van der Waals surface area contributed by atoms with E-state index in [0.29, 0.717) is 6.04 Å². The van der Waals surface area contributed by atoms with Gasteiger partial charge in [-0.3, -0.25) is 0 Å². The predicted molar refractivity (Wildman–Crippen MR) is 81.4 cm³/mol. The summed E-state index contributed by atoms with van der Waals surface area (Å²) < 4.78 is 11.5. The number of hydrogen-bond acceptors (Lipinski definition) is 3. The van der Waals surface area contributed by atoms with Crippen LogP contribution in [-0.2, 0) is 0 Å². The molecule has 0 radical (unpaired) electrons. The lowest BCUT2D eigenvalue weighted by Crippen LogP contribution is -2.35. The Morgan fingerprint density at radius 3 is 3.10 bits per heavy atom. The summed E-state index contributed by atoms with van der Waals surface area (Å²) in [6.45, 7) is 6.60. The van der Waals surface area contributed by atoms with E-state index >= 15 is 0 Å². The molecular formula is C17H27NO2. The molecule has 0 saturated carbocycles. The van der Waals surface area contributed by atoms with Gasteiger partial charge < -0.3 is 14.1 Å². The molecule has 0 aliphatic carbocycles. The normalized spacial score (nSPS) is 26.4. The first-order valence-corrected chi connectivity index (χ1v) is 8.21. The van der Waals surface area contributed by atoms with Crippen LogP contribution in [0.15, 0.2) is 16.7 Å². The van der Waals surface area contributed by atoms with Crippen molar-refractivity contribution in [3.05, 3.63) is 12.3 Å². The monoisotopic (exact) mass is 277 g/mol. The Bertz CT molecular complexity index is 426. The third-order valence-electron chi connectivity index (χ3n) is 4.79. The van der Waals surface area contributed by atoms with Crippen LogP contribution in [-0.4, -0.2) is 19.2 Å². The quantitative estimate of drug-likeness (QED) is 0.815.